The van der Waals surface area contributed by atoms with Gasteiger partial charge in [-0.15, -0.1) is 0 Å². The van der Waals surface area contributed by atoms with E-state index in [0.717, 1.165) is 19.8 Å². The van der Waals surface area contributed by atoms with Crippen molar-refractivity contribution in [2.45, 2.75) is 108 Å². The largest absolute Gasteiger partial charge is 0.481 e. The summed E-state index contributed by atoms with van der Waals surface area (Å²) in [7, 11) is 1.75. The Kier molecular flexibility index (Phi) is 15.1. The molecule has 200 valence electrons. The van der Waals surface area contributed by atoms with Crippen LogP contribution in [0.4, 0.5) is 0 Å². The predicted octanol–water partition coefficient (Wildman–Crippen LogP) is 4.28. The molecule has 0 aromatic carbocycles. The minimum absolute atomic E-state index is 0.0788. The molecule has 0 bridgehead atoms. The number of nitrogens with one attached hydrogen (secondary N) is 1. The van der Waals surface area contributed by atoms with E-state index in [-0.39, 0.29) is 30.8 Å². The number of hydrogen-bond donors (Lipinski definition) is 3. The number of aliphatic carboxylic acids is 1. The van der Waals surface area contributed by atoms with Crippen LogP contribution in [-0.4, -0.2) is 65.4 Å². The first-order valence-corrected chi connectivity index (χ1v) is 13.0. The molecule has 1 aliphatic heterocycles. The fraction of sp³-hybridized carbons (Fsp3) is 0.731. The van der Waals surface area contributed by atoms with E-state index in [0.29, 0.717) is 24.8 Å². The van der Waals surface area contributed by atoms with Crippen molar-refractivity contribution < 1.29 is 34.1 Å². The van der Waals surface area contributed by atoms with Crippen LogP contribution in [0.5, 0.6) is 0 Å². The first-order valence-electron chi connectivity index (χ1n) is 12.6. The average molecular weight is 516 g/mol. The molecular weight excluding hydrogens is 474 g/mol. The zero-order valence-corrected chi connectivity index (χ0v) is 22.0. The topological polar surface area (TPSA) is 125 Å². The molecule has 0 radical (unpaired) electrons. The highest BCUT2D eigenvalue weighted by Crippen LogP contribution is 2.50. The molecule has 9 heteroatoms. The lowest BCUT2D eigenvalue weighted by Crippen LogP contribution is -2.42. The number of ketones is 1. The van der Waals surface area contributed by atoms with Crippen LogP contribution in [0.1, 0.15) is 84.5 Å². The number of allylic oxidation sites excluding steroid dienone is 1. The maximum absolute atomic E-state index is 12.3. The zero-order chi connectivity index (χ0) is 26.3. The van der Waals surface area contributed by atoms with Gasteiger partial charge in [0.1, 0.15) is 6.10 Å². The van der Waals surface area contributed by atoms with Gasteiger partial charge in [-0.05, 0) is 25.7 Å². The number of hydrogen-bond acceptors (Lipinski definition) is 6. The number of halogens is 1. The maximum Gasteiger partial charge on any atom is 0.300 e. The second-order valence-electron chi connectivity index (χ2n) is 9.04. The van der Waals surface area contributed by atoms with E-state index in [2.05, 4.69) is 18.3 Å². The van der Waals surface area contributed by atoms with Crippen LogP contribution in [0.15, 0.2) is 23.3 Å². The number of amides is 1. The van der Waals surface area contributed by atoms with Crippen molar-refractivity contribution in [3.63, 3.8) is 0 Å². The Labute approximate surface area is 214 Å². The summed E-state index contributed by atoms with van der Waals surface area (Å²) >= 11 is 5.91. The van der Waals surface area contributed by atoms with Gasteiger partial charge in [-0.3, -0.25) is 14.4 Å². The molecule has 1 amide bonds. The zero-order valence-electron chi connectivity index (χ0n) is 21.3. The number of ether oxygens (including phenoxy) is 2. The fourth-order valence-electron chi connectivity index (χ4n) is 4.21. The number of carbonyl (C=O) groups excluding carboxylic acids is 2. The van der Waals surface area contributed by atoms with E-state index in [4.69, 9.17) is 31.0 Å². The van der Waals surface area contributed by atoms with Gasteiger partial charge in [0.2, 0.25) is 5.91 Å². The van der Waals surface area contributed by atoms with E-state index in [1.165, 1.54) is 37.6 Å². The average Bonchev–Trinajstić information content (AvgIpc) is 3.58. The van der Waals surface area contributed by atoms with Crippen LogP contribution in [0.25, 0.3) is 0 Å². The van der Waals surface area contributed by atoms with E-state index in [1.807, 2.05) is 6.08 Å². The summed E-state index contributed by atoms with van der Waals surface area (Å²) in [6.45, 7) is 3.45. The summed E-state index contributed by atoms with van der Waals surface area (Å²) in [5.74, 6) is -1.03. The Balaban J connectivity index is 0.00000142. The number of aliphatic hydroxyl groups excluding tert-OH is 1. The van der Waals surface area contributed by atoms with Crippen LogP contribution in [-0.2, 0) is 23.9 Å². The summed E-state index contributed by atoms with van der Waals surface area (Å²) in [4.78, 5) is 33.5. The molecule has 1 aliphatic carbocycles. The maximum atomic E-state index is 12.3. The Hall–Kier alpha value is -1.74. The SMILES string of the molecule is CC(=O)O.CCCCCCC[C@@H](C/C=C/CCC(=O)NC/C(=C/Cl)[C@]12O[C@H]1[C@@H](O)CCC2=O)OC. The number of methoxy groups -OCH3 is 1. The molecule has 3 N–H and O–H groups in total. The predicted molar refractivity (Wildman–Crippen MR) is 135 cm³/mol. The van der Waals surface area contributed by atoms with Gasteiger partial charge in [0.05, 0.1) is 12.2 Å². The summed E-state index contributed by atoms with van der Waals surface area (Å²) in [5.41, 5.74) is 0.662. The highest BCUT2D eigenvalue weighted by molar-refractivity contribution is 6.26. The van der Waals surface area contributed by atoms with Gasteiger partial charge >= 0.3 is 0 Å². The number of carbonyl (C=O) groups is 3. The number of rotatable bonds is 15. The molecule has 2 rings (SSSR count). The number of Topliss-reactive ketones (excluding diaryl/α,β-unsaturated/α-hetero) is 1. The molecule has 1 heterocycles. The molecule has 2 fully saturated rings. The van der Waals surface area contributed by atoms with Gasteiger partial charge in [0.25, 0.3) is 5.97 Å². The summed E-state index contributed by atoms with van der Waals surface area (Å²) < 4.78 is 11.1. The van der Waals surface area contributed by atoms with Crippen molar-refractivity contribution in [1.82, 2.24) is 5.32 Å². The molecular formula is C26H42ClNO7. The molecule has 35 heavy (non-hydrogen) atoms. The molecule has 0 aromatic rings. The number of unbranched alkanes of at least 4 members (excludes halogenated alkanes) is 4. The lowest BCUT2D eigenvalue weighted by molar-refractivity contribution is -0.134. The van der Waals surface area contributed by atoms with Crippen molar-refractivity contribution in [3.05, 3.63) is 23.3 Å². The van der Waals surface area contributed by atoms with Crippen molar-refractivity contribution in [2.75, 3.05) is 13.7 Å². The van der Waals surface area contributed by atoms with Crippen molar-refractivity contribution >= 4 is 29.3 Å². The van der Waals surface area contributed by atoms with Crippen molar-refractivity contribution in [3.8, 4) is 0 Å². The lowest BCUT2D eigenvalue weighted by Gasteiger charge is -2.22. The third-order valence-corrected chi connectivity index (χ3v) is 6.50. The third-order valence-electron chi connectivity index (χ3n) is 6.24. The number of aliphatic hydroxyl groups is 1. The molecule has 8 nitrogen and oxygen atoms in total. The summed E-state index contributed by atoms with van der Waals surface area (Å²) in [5, 5.41) is 20.2. The minimum Gasteiger partial charge on any atom is -0.481 e. The smallest absolute Gasteiger partial charge is 0.300 e. The van der Waals surface area contributed by atoms with Gasteiger partial charge in [0.15, 0.2) is 11.4 Å². The van der Waals surface area contributed by atoms with Crippen LogP contribution in [0.2, 0.25) is 0 Å². The normalized spacial score (nSPS) is 24.4. The standard InChI is InChI=1S/C24H38ClNO5.C2H4O2/c1-3-4-5-6-8-11-19(30-2)12-9-7-10-13-22(29)26-17-18(16-25)24-21(28)15-14-20(27)23(24)31-24;1-2(3)4/h7,9,16,19-20,23,27H,3-6,8,10-15,17H2,1-2H3,(H,26,29);1H3,(H,3,4)/b9-7+,18-16-;/t19-,20-,23-,24+;/m0./s1. The van der Waals surface area contributed by atoms with Gasteiger partial charge in [0, 0.05) is 44.5 Å². The van der Waals surface area contributed by atoms with Gasteiger partial charge < -0.3 is 25.0 Å². The number of fused-ring (bicyclic) bond motifs is 1. The van der Waals surface area contributed by atoms with Gasteiger partial charge in [-0.2, -0.15) is 0 Å². The fourth-order valence-corrected chi connectivity index (χ4v) is 4.45. The summed E-state index contributed by atoms with van der Waals surface area (Å²) in [6.07, 6.45) is 13.0. The second kappa shape index (κ2) is 16.8. The Morgan fingerprint density at radius 3 is 2.60 bits per heavy atom. The monoisotopic (exact) mass is 515 g/mol. The number of epoxide rings is 1. The molecule has 4 atom stereocenters. The highest BCUT2D eigenvalue weighted by Gasteiger charge is 2.68. The highest BCUT2D eigenvalue weighted by atomic mass is 35.5. The van der Waals surface area contributed by atoms with E-state index in [9.17, 15) is 14.7 Å². The van der Waals surface area contributed by atoms with Crippen LogP contribution >= 0.6 is 11.6 Å². The molecule has 0 unspecified atom stereocenters. The third kappa shape index (κ3) is 10.8. The van der Waals surface area contributed by atoms with Crippen molar-refractivity contribution in [2.24, 2.45) is 0 Å². The summed E-state index contributed by atoms with van der Waals surface area (Å²) in [6, 6.07) is 0. The van der Waals surface area contributed by atoms with E-state index < -0.39 is 23.8 Å². The first-order chi connectivity index (χ1) is 16.7. The van der Waals surface area contributed by atoms with Crippen LogP contribution in [0.3, 0.4) is 0 Å². The second-order valence-corrected chi connectivity index (χ2v) is 9.26. The molecule has 1 saturated carbocycles. The van der Waals surface area contributed by atoms with Crippen LogP contribution in [0, 0.1) is 0 Å². The number of carboxylic acids is 1. The van der Waals surface area contributed by atoms with E-state index in [1.54, 1.807) is 7.11 Å². The molecule has 0 spiro atoms. The van der Waals surface area contributed by atoms with Gasteiger partial charge in [-0.25, -0.2) is 0 Å². The molecule has 0 aromatic heterocycles. The molecule has 2 aliphatic rings. The minimum atomic E-state index is -1.14. The van der Waals surface area contributed by atoms with Gasteiger partial charge in [-0.1, -0.05) is 62.8 Å². The Morgan fingerprint density at radius 2 is 1.97 bits per heavy atom. The Morgan fingerprint density at radius 1 is 1.29 bits per heavy atom. The quantitative estimate of drug-likeness (QED) is 0.169. The number of carboxylic acid groups (broad SMARTS) is 1. The first kappa shape index (κ1) is 31.3. The van der Waals surface area contributed by atoms with Crippen LogP contribution < -0.4 is 5.32 Å². The molecule has 1 saturated heterocycles. The van der Waals surface area contributed by atoms with E-state index >= 15 is 0 Å². The van der Waals surface area contributed by atoms with Crippen molar-refractivity contribution in [1.29, 1.82) is 0 Å². The Bertz CT molecular complexity index is 735. The lowest BCUT2D eigenvalue weighted by atomic mass is 9.81.